The van der Waals surface area contributed by atoms with Crippen LogP contribution in [-0.4, -0.2) is 33.4 Å². The number of amides is 2. The van der Waals surface area contributed by atoms with Gasteiger partial charge in [0.15, 0.2) is 0 Å². The highest BCUT2D eigenvalue weighted by molar-refractivity contribution is 8.13. The van der Waals surface area contributed by atoms with Gasteiger partial charge in [0.1, 0.15) is 4.90 Å². The fourth-order valence-electron chi connectivity index (χ4n) is 1.01. The minimum atomic E-state index is -3.88. The van der Waals surface area contributed by atoms with Crippen molar-refractivity contribution in [1.82, 2.24) is 4.90 Å². The van der Waals surface area contributed by atoms with Crippen molar-refractivity contribution in [2.75, 3.05) is 19.4 Å². The first kappa shape index (κ1) is 14.1. The molecule has 1 rings (SSSR count). The van der Waals surface area contributed by atoms with Crippen LogP contribution >= 0.6 is 22.3 Å². The van der Waals surface area contributed by atoms with Gasteiger partial charge in [0, 0.05) is 30.5 Å². The Morgan fingerprint density at radius 1 is 1.35 bits per heavy atom. The Balaban J connectivity index is 3.02. The van der Waals surface area contributed by atoms with E-state index in [9.17, 15) is 13.2 Å². The monoisotopic (exact) mass is 296 g/mol. The van der Waals surface area contributed by atoms with Crippen molar-refractivity contribution >= 4 is 43.1 Å². The number of carbonyl (C=O) groups excluding carboxylic acids is 1. The maximum absolute atomic E-state index is 11.3. The molecule has 0 heterocycles. The van der Waals surface area contributed by atoms with Gasteiger partial charge in [0.25, 0.3) is 9.05 Å². The zero-order valence-corrected chi connectivity index (χ0v) is 11.4. The number of hydrogen-bond acceptors (Lipinski definition) is 3. The average molecular weight is 297 g/mol. The molecule has 0 bridgehead atoms. The van der Waals surface area contributed by atoms with Gasteiger partial charge in [0.05, 0.1) is 5.02 Å². The van der Waals surface area contributed by atoms with Crippen LogP contribution in [0.1, 0.15) is 0 Å². The van der Waals surface area contributed by atoms with Gasteiger partial charge < -0.3 is 10.2 Å². The molecule has 1 aromatic rings. The molecule has 0 saturated heterocycles. The Morgan fingerprint density at radius 3 is 2.35 bits per heavy atom. The van der Waals surface area contributed by atoms with Crippen LogP contribution in [0.25, 0.3) is 0 Å². The fourth-order valence-corrected chi connectivity index (χ4v) is 2.54. The molecule has 0 saturated carbocycles. The largest absolute Gasteiger partial charge is 0.331 e. The topological polar surface area (TPSA) is 66.5 Å². The second-order valence-corrected chi connectivity index (χ2v) is 6.35. The molecule has 0 aromatic heterocycles. The summed E-state index contributed by atoms with van der Waals surface area (Å²) in [5, 5.41) is 2.48. The van der Waals surface area contributed by atoms with Crippen LogP contribution in [0, 0.1) is 0 Å². The van der Waals surface area contributed by atoms with Gasteiger partial charge in [0.2, 0.25) is 0 Å². The lowest BCUT2D eigenvalue weighted by molar-refractivity contribution is 0.230. The van der Waals surface area contributed by atoms with Crippen molar-refractivity contribution in [3.05, 3.63) is 23.2 Å². The summed E-state index contributed by atoms with van der Waals surface area (Å²) in [7, 11) is 4.44. The van der Waals surface area contributed by atoms with Crippen molar-refractivity contribution in [3.8, 4) is 0 Å². The number of rotatable bonds is 2. The Hall–Kier alpha value is -0.980. The molecular weight excluding hydrogens is 287 g/mol. The van der Waals surface area contributed by atoms with Crippen LogP contribution < -0.4 is 5.32 Å². The molecule has 0 fully saturated rings. The third kappa shape index (κ3) is 3.76. The summed E-state index contributed by atoms with van der Waals surface area (Å²) in [6, 6.07) is 3.61. The van der Waals surface area contributed by atoms with E-state index < -0.39 is 9.05 Å². The van der Waals surface area contributed by atoms with Crippen molar-refractivity contribution in [3.63, 3.8) is 0 Å². The molecular formula is C9H10Cl2N2O3S. The predicted octanol–water partition coefficient (Wildman–Crippen LogP) is 2.36. The third-order valence-corrected chi connectivity index (χ3v) is 3.66. The highest BCUT2D eigenvalue weighted by atomic mass is 35.7. The third-order valence-electron chi connectivity index (χ3n) is 1.85. The first-order chi connectivity index (χ1) is 7.71. The molecule has 2 amide bonds. The highest BCUT2D eigenvalue weighted by Crippen LogP contribution is 2.27. The van der Waals surface area contributed by atoms with Crippen LogP contribution in [-0.2, 0) is 9.05 Å². The molecule has 1 N–H and O–H groups in total. The van der Waals surface area contributed by atoms with Gasteiger partial charge in [-0.15, -0.1) is 0 Å². The van der Waals surface area contributed by atoms with Crippen molar-refractivity contribution in [1.29, 1.82) is 0 Å². The van der Waals surface area contributed by atoms with Crippen molar-refractivity contribution in [2.24, 2.45) is 0 Å². The Labute approximate surface area is 109 Å². The molecule has 0 radical (unpaired) electrons. The molecule has 0 aliphatic heterocycles. The lowest BCUT2D eigenvalue weighted by Crippen LogP contribution is -2.27. The summed E-state index contributed by atoms with van der Waals surface area (Å²) >= 11 is 5.75. The zero-order valence-electron chi connectivity index (χ0n) is 9.07. The second kappa shape index (κ2) is 5.12. The van der Waals surface area contributed by atoms with Gasteiger partial charge in [-0.1, -0.05) is 11.6 Å². The van der Waals surface area contributed by atoms with E-state index in [-0.39, 0.29) is 15.9 Å². The van der Waals surface area contributed by atoms with E-state index in [0.717, 1.165) is 0 Å². The normalized spacial score (nSPS) is 11.1. The number of benzene rings is 1. The first-order valence-electron chi connectivity index (χ1n) is 4.44. The lowest BCUT2D eigenvalue weighted by atomic mass is 10.3. The Morgan fingerprint density at radius 2 is 1.94 bits per heavy atom. The summed E-state index contributed by atoms with van der Waals surface area (Å²) in [6.45, 7) is 0. The Bertz CT molecular complexity index is 543. The average Bonchev–Trinajstić information content (AvgIpc) is 2.15. The Kier molecular flexibility index (Phi) is 4.24. The van der Waals surface area contributed by atoms with Gasteiger partial charge in [-0.25, -0.2) is 13.2 Å². The number of halogens is 2. The van der Waals surface area contributed by atoms with Crippen LogP contribution in [0.4, 0.5) is 10.5 Å². The van der Waals surface area contributed by atoms with Crippen LogP contribution in [0.2, 0.25) is 5.02 Å². The molecule has 0 atom stereocenters. The van der Waals surface area contributed by atoms with Gasteiger partial charge in [-0.2, -0.15) is 0 Å². The number of urea groups is 1. The smallest absolute Gasteiger partial charge is 0.321 e. The second-order valence-electron chi connectivity index (χ2n) is 3.41. The van der Waals surface area contributed by atoms with Crippen molar-refractivity contribution in [2.45, 2.75) is 4.90 Å². The minimum Gasteiger partial charge on any atom is -0.331 e. The van der Waals surface area contributed by atoms with Gasteiger partial charge in [-0.05, 0) is 18.2 Å². The molecule has 94 valence electrons. The van der Waals surface area contributed by atoms with E-state index in [1.54, 1.807) is 14.1 Å². The molecule has 5 nitrogen and oxygen atoms in total. The molecule has 8 heteroatoms. The van der Waals surface area contributed by atoms with E-state index in [4.69, 9.17) is 22.3 Å². The first-order valence-corrected chi connectivity index (χ1v) is 7.13. The zero-order chi connectivity index (χ0) is 13.2. The summed E-state index contributed by atoms with van der Waals surface area (Å²) < 4.78 is 22.2. The fraction of sp³-hybridized carbons (Fsp3) is 0.222. The maximum atomic E-state index is 11.3. The summed E-state index contributed by atoms with van der Waals surface area (Å²) in [4.78, 5) is 12.5. The number of carbonyl (C=O) groups is 1. The van der Waals surface area contributed by atoms with E-state index in [1.807, 2.05) is 0 Å². The molecule has 0 spiro atoms. The quantitative estimate of drug-likeness (QED) is 0.852. The SMILES string of the molecule is CN(C)C(=O)Nc1ccc(S(=O)(=O)Cl)c(Cl)c1. The number of nitrogens with one attached hydrogen (secondary N) is 1. The number of anilines is 1. The molecule has 0 aliphatic carbocycles. The van der Waals surface area contributed by atoms with Crippen LogP contribution in [0.3, 0.4) is 0 Å². The molecule has 0 unspecified atom stereocenters. The summed E-state index contributed by atoms with van der Waals surface area (Å²) in [5.41, 5.74) is 0.387. The number of hydrogen-bond donors (Lipinski definition) is 1. The van der Waals surface area contributed by atoms with E-state index in [2.05, 4.69) is 5.32 Å². The van der Waals surface area contributed by atoms with Gasteiger partial charge >= 0.3 is 6.03 Å². The molecule has 17 heavy (non-hydrogen) atoms. The highest BCUT2D eigenvalue weighted by Gasteiger charge is 2.15. The van der Waals surface area contributed by atoms with Crippen LogP contribution in [0.15, 0.2) is 23.1 Å². The summed E-state index contributed by atoms with van der Waals surface area (Å²) in [6.07, 6.45) is 0. The van der Waals surface area contributed by atoms with Gasteiger partial charge in [-0.3, -0.25) is 0 Å². The number of nitrogens with zero attached hydrogens (tertiary/aromatic N) is 1. The predicted molar refractivity (Wildman–Crippen MR) is 67.2 cm³/mol. The van der Waals surface area contributed by atoms with E-state index >= 15 is 0 Å². The van der Waals surface area contributed by atoms with Crippen molar-refractivity contribution < 1.29 is 13.2 Å². The molecule has 0 aliphatic rings. The van der Waals surface area contributed by atoms with Crippen LogP contribution in [0.5, 0.6) is 0 Å². The molecule has 1 aromatic carbocycles. The van der Waals surface area contributed by atoms with E-state index in [1.165, 1.54) is 23.1 Å². The maximum Gasteiger partial charge on any atom is 0.321 e. The lowest BCUT2D eigenvalue weighted by Gasteiger charge is -2.12. The minimum absolute atomic E-state index is 0.0449. The summed E-state index contributed by atoms with van der Waals surface area (Å²) in [5.74, 6) is 0. The van der Waals surface area contributed by atoms with E-state index in [0.29, 0.717) is 5.69 Å². The standard InChI is InChI=1S/C9H10Cl2N2O3S/c1-13(2)9(14)12-6-3-4-8(7(10)5-6)17(11,15)16/h3-5H,1-2H3,(H,12,14).